The lowest BCUT2D eigenvalue weighted by atomic mass is 10.0. The molecule has 0 fully saturated rings. The van der Waals surface area contributed by atoms with Crippen molar-refractivity contribution in [2.45, 2.75) is 25.4 Å². The van der Waals surface area contributed by atoms with Gasteiger partial charge in [0, 0.05) is 5.56 Å². The Bertz CT molecular complexity index is 735. The minimum atomic E-state index is -4.74. The Morgan fingerprint density at radius 1 is 1.09 bits per heavy atom. The van der Waals surface area contributed by atoms with Crippen molar-refractivity contribution >= 4 is 5.82 Å². The largest absolute Gasteiger partial charge is 0.507 e. The third-order valence-corrected chi connectivity index (χ3v) is 3.70. The van der Waals surface area contributed by atoms with Crippen molar-refractivity contribution in [1.82, 2.24) is 10.2 Å². The third-order valence-electron chi connectivity index (χ3n) is 3.70. The van der Waals surface area contributed by atoms with Gasteiger partial charge in [-0.3, -0.25) is 0 Å². The predicted octanol–water partition coefficient (Wildman–Crippen LogP) is 3.08. The number of nitrogens with zero attached hydrogens (tertiary/aromatic N) is 2. The van der Waals surface area contributed by atoms with E-state index in [0.29, 0.717) is 36.1 Å². The first-order valence-corrected chi connectivity index (χ1v) is 6.53. The van der Waals surface area contributed by atoms with Crippen molar-refractivity contribution in [3.8, 4) is 17.0 Å². The average Bonchev–Trinajstić information content (AvgIpc) is 2.89. The van der Waals surface area contributed by atoms with E-state index >= 15 is 0 Å². The molecule has 4 nitrogen and oxygen atoms in total. The normalized spacial score (nSPS) is 14.2. The van der Waals surface area contributed by atoms with Gasteiger partial charge >= 0.3 is 6.18 Å². The van der Waals surface area contributed by atoms with Gasteiger partial charge in [-0.1, -0.05) is 0 Å². The highest BCUT2D eigenvalue weighted by atomic mass is 19.4. The minimum absolute atomic E-state index is 0.0467. The van der Waals surface area contributed by atoms with E-state index in [9.17, 15) is 22.7 Å². The Morgan fingerprint density at radius 2 is 1.77 bits per heavy atom. The number of aromatic nitrogens is 2. The van der Waals surface area contributed by atoms with Gasteiger partial charge in [0.25, 0.3) is 0 Å². The number of halogens is 4. The van der Waals surface area contributed by atoms with E-state index in [4.69, 9.17) is 5.73 Å². The second-order valence-electron chi connectivity index (χ2n) is 5.09. The number of alkyl halides is 3. The van der Waals surface area contributed by atoms with E-state index in [2.05, 4.69) is 10.2 Å². The molecular formula is C14H11F4N3O. The number of anilines is 1. The summed E-state index contributed by atoms with van der Waals surface area (Å²) in [6.45, 7) is 0. The Hall–Kier alpha value is -2.38. The summed E-state index contributed by atoms with van der Waals surface area (Å²) < 4.78 is 52.0. The summed E-state index contributed by atoms with van der Waals surface area (Å²) in [6, 6.07) is 0.826. The van der Waals surface area contributed by atoms with Gasteiger partial charge < -0.3 is 10.8 Å². The highest BCUT2D eigenvalue weighted by Crippen LogP contribution is 2.41. The van der Waals surface area contributed by atoms with Crippen LogP contribution in [0.3, 0.4) is 0 Å². The molecule has 0 saturated carbocycles. The van der Waals surface area contributed by atoms with Gasteiger partial charge in [-0.2, -0.15) is 13.2 Å². The van der Waals surface area contributed by atoms with E-state index < -0.39 is 23.3 Å². The number of phenolic OH excluding ortho intramolecular Hbond substituents is 1. The summed E-state index contributed by atoms with van der Waals surface area (Å²) in [6.07, 6.45) is -2.77. The fraction of sp³-hybridized carbons (Fsp3) is 0.286. The van der Waals surface area contributed by atoms with E-state index in [-0.39, 0.29) is 17.1 Å². The van der Waals surface area contributed by atoms with Crippen LogP contribution in [0.15, 0.2) is 12.1 Å². The van der Waals surface area contributed by atoms with Crippen LogP contribution < -0.4 is 5.73 Å². The highest BCUT2D eigenvalue weighted by molar-refractivity contribution is 5.73. The molecule has 0 saturated heterocycles. The Kier molecular flexibility index (Phi) is 3.19. The van der Waals surface area contributed by atoms with Crippen molar-refractivity contribution in [2.75, 3.05) is 5.73 Å². The van der Waals surface area contributed by atoms with Crippen molar-refractivity contribution in [3.05, 3.63) is 34.6 Å². The molecule has 1 aromatic carbocycles. The zero-order chi connectivity index (χ0) is 16.1. The summed E-state index contributed by atoms with van der Waals surface area (Å²) in [5, 5.41) is 17.3. The van der Waals surface area contributed by atoms with Crippen LogP contribution in [0.1, 0.15) is 23.1 Å². The van der Waals surface area contributed by atoms with Gasteiger partial charge in [-0.05, 0) is 37.0 Å². The third kappa shape index (κ3) is 2.24. The van der Waals surface area contributed by atoms with Crippen LogP contribution in [0, 0.1) is 5.82 Å². The molecule has 3 rings (SSSR count). The molecule has 1 heterocycles. The predicted molar refractivity (Wildman–Crippen MR) is 70.5 cm³/mol. The zero-order valence-corrected chi connectivity index (χ0v) is 11.2. The van der Waals surface area contributed by atoms with E-state index in [1.807, 2.05) is 0 Å². The SMILES string of the molecule is Nc1nnc(-c2c(O)cc(C(F)(F)F)cc2F)c2c1CCC2. The molecular weight excluding hydrogens is 302 g/mol. The van der Waals surface area contributed by atoms with Crippen LogP contribution in [-0.4, -0.2) is 15.3 Å². The molecule has 2 aromatic rings. The molecule has 0 atom stereocenters. The number of aromatic hydroxyl groups is 1. The summed E-state index contributed by atoms with van der Waals surface area (Å²) in [4.78, 5) is 0. The first-order chi connectivity index (χ1) is 10.3. The lowest BCUT2D eigenvalue weighted by Gasteiger charge is -2.13. The number of hydrogen-bond donors (Lipinski definition) is 2. The number of rotatable bonds is 1. The van der Waals surface area contributed by atoms with Crippen molar-refractivity contribution in [2.24, 2.45) is 0 Å². The summed E-state index contributed by atoms with van der Waals surface area (Å²) >= 11 is 0. The van der Waals surface area contributed by atoms with Crippen LogP contribution in [0.5, 0.6) is 5.75 Å². The first kappa shape index (κ1) is 14.6. The highest BCUT2D eigenvalue weighted by Gasteiger charge is 2.33. The van der Waals surface area contributed by atoms with Crippen molar-refractivity contribution in [1.29, 1.82) is 0 Å². The maximum Gasteiger partial charge on any atom is 0.416 e. The van der Waals surface area contributed by atoms with Crippen LogP contribution >= 0.6 is 0 Å². The molecule has 1 aliphatic carbocycles. The summed E-state index contributed by atoms with van der Waals surface area (Å²) in [5.41, 5.74) is 5.45. The monoisotopic (exact) mass is 313 g/mol. The van der Waals surface area contributed by atoms with Gasteiger partial charge in [0.1, 0.15) is 23.1 Å². The fourth-order valence-corrected chi connectivity index (χ4v) is 2.70. The maximum absolute atomic E-state index is 14.1. The van der Waals surface area contributed by atoms with Crippen molar-refractivity contribution in [3.63, 3.8) is 0 Å². The molecule has 116 valence electrons. The minimum Gasteiger partial charge on any atom is -0.507 e. The lowest BCUT2D eigenvalue weighted by molar-refractivity contribution is -0.137. The number of nitrogens with two attached hydrogens (primary N) is 1. The Balaban J connectivity index is 2.21. The standard InChI is InChI=1S/C14H11F4N3O/c15-9-4-6(14(16,17)18)5-10(22)11(9)12-7-2-1-3-8(7)13(19)21-20-12/h4-5,22H,1-3H2,(H2,19,21). The van der Waals surface area contributed by atoms with Gasteiger partial charge in [-0.25, -0.2) is 4.39 Å². The van der Waals surface area contributed by atoms with E-state index in [1.165, 1.54) is 0 Å². The molecule has 0 radical (unpaired) electrons. The second-order valence-corrected chi connectivity index (χ2v) is 5.09. The molecule has 22 heavy (non-hydrogen) atoms. The van der Waals surface area contributed by atoms with Crippen LogP contribution in [0.25, 0.3) is 11.3 Å². The second kappa shape index (κ2) is 4.82. The molecule has 0 aliphatic heterocycles. The van der Waals surface area contributed by atoms with Gasteiger partial charge in [0.05, 0.1) is 11.1 Å². The maximum atomic E-state index is 14.1. The summed E-state index contributed by atoms with van der Waals surface area (Å²) in [5.74, 6) is -1.79. The quantitative estimate of drug-likeness (QED) is 0.794. The molecule has 1 aromatic heterocycles. The van der Waals surface area contributed by atoms with E-state index in [0.717, 1.165) is 6.42 Å². The lowest BCUT2D eigenvalue weighted by Crippen LogP contribution is -2.07. The Morgan fingerprint density at radius 3 is 2.41 bits per heavy atom. The van der Waals surface area contributed by atoms with Gasteiger partial charge in [-0.15, -0.1) is 10.2 Å². The molecule has 8 heteroatoms. The topological polar surface area (TPSA) is 72.0 Å². The first-order valence-electron chi connectivity index (χ1n) is 6.53. The Labute approximate surface area is 122 Å². The molecule has 0 spiro atoms. The summed E-state index contributed by atoms with van der Waals surface area (Å²) in [7, 11) is 0. The number of fused-ring (bicyclic) bond motifs is 1. The number of phenols is 1. The van der Waals surface area contributed by atoms with Crippen LogP contribution in [-0.2, 0) is 19.0 Å². The smallest absolute Gasteiger partial charge is 0.416 e. The zero-order valence-electron chi connectivity index (χ0n) is 11.2. The van der Waals surface area contributed by atoms with Gasteiger partial charge in [0.2, 0.25) is 0 Å². The van der Waals surface area contributed by atoms with Gasteiger partial charge in [0.15, 0.2) is 0 Å². The molecule has 0 amide bonds. The van der Waals surface area contributed by atoms with Crippen LogP contribution in [0.4, 0.5) is 23.4 Å². The van der Waals surface area contributed by atoms with Crippen LogP contribution in [0.2, 0.25) is 0 Å². The molecule has 1 aliphatic rings. The number of hydrogen-bond acceptors (Lipinski definition) is 4. The number of benzene rings is 1. The average molecular weight is 313 g/mol. The molecule has 0 bridgehead atoms. The molecule has 3 N–H and O–H groups in total. The van der Waals surface area contributed by atoms with E-state index in [1.54, 1.807) is 0 Å². The fourth-order valence-electron chi connectivity index (χ4n) is 2.70. The number of nitrogen functional groups attached to an aromatic ring is 1. The molecule has 0 unspecified atom stereocenters. The van der Waals surface area contributed by atoms with Crippen molar-refractivity contribution < 1.29 is 22.7 Å².